The molecule has 1 fully saturated rings. The second-order valence-corrected chi connectivity index (χ2v) is 8.27. The van der Waals surface area contributed by atoms with Crippen LogP contribution in [0.15, 0.2) is 48.5 Å². The molecule has 0 radical (unpaired) electrons. The number of likely N-dealkylation sites (tertiary alicyclic amines) is 1. The Balaban J connectivity index is 1.29. The molecule has 1 unspecified atom stereocenters. The highest BCUT2D eigenvalue weighted by Crippen LogP contribution is 2.28. The lowest BCUT2D eigenvalue weighted by Crippen LogP contribution is -2.37. The maximum absolute atomic E-state index is 11.5. The van der Waals surface area contributed by atoms with Crippen molar-refractivity contribution in [3.05, 3.63) is 65.2 Å². The van der Waals surface area contributed by atoms with Crippen LogP contribution < -0.4 is 5.32 Å². The van der Waals surface area contributed by atoms with Crippen molar-refractivity contribution in [1.29, 1.82) is 0 Å². The summed E-state index contributed by atoms with van der Waals surface area (Å²) >= 11 is 0. The van der Waals surface area contributed by atoms with Gasteiger partial charge in [-0.1, -0.05) is 42.5 Å². The summed E-state index contributed by atoms with van der Waals surface area (Å²) in [6.07, 6.45) is 5.28. The van der Waals surface area contributed by atoms with Crippen molar-refractivity contribution in [3.63, 3.8) is 0 Å². The number of aryl methyl sites for hydroxylation is 1. The molecule has 2 aliphatic heterocycles. The monoisotopic (exact) mass is 378 g/mol. The van der Waals surface area contributed by atoms with E-state index in [1.807, 2.05) is 12.1 Å². The maximum atomic E-state index is 11.5. The summed E-state index contributed by atoms with van der Waals surface area (Å²) in [6, 6.07) is 16.7. The van der Waals surface area contributed by atoms with Gasteiger partial charge in [0.1, 0.15) is 0 Å². The summed E-state index contributed by atoms with van der Waals surface area (Å²) in [5, 5.41) is 13.6. The van der Waals surface area contributed by atoms with Gasteiger partial charge in [-0.05, 0) is 67.3 Å². The minimum Gasteiger partial charge on any atom is -0.388 e. The number of rotatable bonds is 6. The first-order valence-corrected chi connectivity index (χ1v) is 10.5. The third-order valence-electron chi connectivity index (χ3n) is 6.10. The molecule has 2 heterocycles. The molecule has 2 atom stereocenters. The number of hydrogen-bond donors (Lipinski definition) is 2. The summed E-state index contributed by atoms with van der Waals surface area (Å²) in [7, 11) is 0. The van der Waals surface area contributed by atoms with Crippen molar-refractivity contribution in [2.75, 3.05) is 25.0 Å². The third kappa shape index (κ3) is 4.81. The van der Waals surface area contributed by atoms with E-state index in [0.717, 1.165) is 55.7 Å². The zero-order valence-electron chi connectivity index (χ0n) is 16.4. The Morgan fingerprint density at radius 3 is 2.86 bits per heavy atom. The van der Waals surface area contributed by atoms with Gasteiger partial charge in [0.15, 0.2) is 0 Å². The highest BCUT2D eigenvalue weighted by atomic mass is 16.3. The Morgan fingerprint density at radius 1 is 1.14 bits per heavy atom. The molecule has 148 valence electrons. The number of carbonyl (C=O) groups is 1. The van der Waals surface area contributed by atoms with Gasteiger partial charge >= 0.3 is 0 Å². The number of carbonyl (C=O) groups excluding carboxylic acids is 1. The standard InChI is InChI=1S/C24H30N2O2/c27-23(21-8-10-22-20(16-21)9-11-24(28)25-22)12-14-26-13-4-7-19(17-26)15-18-5-2-1-3-6-18/h1-3,5-6,8,10,16,19,23,27H,4,7,9,11-15,17H2,(H,25,28)/t19-,23?/m1/s1. The Hall–Kier alpha value is -2.17. The fourth-order valence-corrected chi connectivity index (χ4v) is 4.55. The lowest BCUT2D eigenvalue weighted by molar-refractivity contribution is -0.116. The van der Waals surface area contributed by atoms with Crippen molar-refractivity contribution in [3.8, 4) is 0 Å². The zero-order chi connectivity index (χ0) is 19.3. The number of aliphatic hydroxyl groups is 1. The normalized spacial score (nSPS) is 21.0. The largest absolute Gasteiger partial charge is 0.388 e. The third-order valence-corrected chi connectivity index (χ3v) is 6.10. The van der Waals surface area contributed by atoms with Crippen LogP contribution in [0.4, 0.5) is 5.69 Å². The molecule has 0 spiro atoms. The van der Waals surface area contributed by atoms with Crippen LogP contribution in [0.2, 0.25) is 0 Å². The molecule has 4 rings (SSSR count). The topological polar surface area (TPSA) is 52.6 Å². The number of anilines is 1. The minimum atomic E-state index is -0.447. The Bertz CT molecular complexity index is 806. The predicted molar refractivity (Wildman–Crippen MR) is 112 cm³/mol. The van der Waals surface area contributed by atoms with E-state index in [4.69, 9.17) is 0 Å². The van der Waals surface area contributed by atoms with Gasteiger partial charge in [0, 0.05) is 25.2 Å². The van der Waals surface area contributed by atoms with Crippen LogP contribution in [-0.4, -0.2) is 35.5 Å². The van der Waals surface area contributed by atoms with E-state index in [1.54, 1.807) is 0 Å². The molecule has 28 heavy (non-hydrogen) atoms. The van der Waals surface area contributed by atoms with Crippen molar-refractivity contribution >= 4 is 11.6 Å². The van der Waals surface area contributed by atoms with Crippen molar-refractivity contribution < 1.29 is 9.90 Å². The molecule has 4 heteroatoms. The highest BCUT2D eigenvalue weighted by Gasteiger charge is 2.22. The van der Waals surface area contributed by atoms with Crippen LogP contribution in [0.1, 0.15) is 48.5 Å². The number of hydrogen-bond acceptors (Lipinski definition) is 3. The zero-order valence-corrected chi connectivity index (χ0v) is 16.4. The van der Waals surface area contributed by atoms with Crippen LogP contribution in [-0.2, 0) is 17.6 Å². The number of aliphatic hydroxyl groups excluding tert-OH is 1. The second kappa shape index (κ2) is 8.89. The van der Waals surface area contributed by atoms with E-state index < -0.39 is 6.10 Å². The average Bonchev–Trinajstić information content (AvgIpc) is 2.72. The second-order valence-electron chi connectivity index (χ2n) is 8.27. The molecule has 1 saturated heterocycles. The van der Waals surface area contributed by atoms with Crippen LogP contribution in [0.5, 0.6) is 0 Å². The lowest BCUT2D eigenvalue weighted by Gasteiger charge is -2.33. The minimum absolute atomic E-state index is 0.0796. The van der Waals surface area contributed by atoms with Crippen LogP contribution in [0, 0.1) is 5.92 Å². The fraction of sp³-hybridized carbons (Fsp3) is 0.458. The van der Waals surface area contributed by atoms with Crippen molar-refractivity contribution in [1.82, 2.24) is 4.90 Å². The molecule has 0 aliphatic carbocycles. The summed E-state index contributed by atoms with van der Waals surface area (Å²) in [4.78, 5) is 14.0. The highest BCUT2D eigenvalue weighted by molar-refractivity contribution is 5.93. The number of nitrogens with one attached hydrogen (secondary N) is 1. The molecule has 2 aliphatic rings. The van der Waals surface area contributed by atoms with Gasteiger partial charge < -0.3 is 15.3 Å². The number of fused-ring (bicyclic) bond motifs is 1. The van der Waals surface area contributed by atoms with E-state index in [9.17, 15) is 9.90 Å². The molecular formula is C24H30N2O2. The van der Waals surface area contributed by atoms with Gasteiger partial charge in [0.2, 0.25) is 5.91 Å². The van der Waals surface area contributed by atoms with Crippen molar-refractivity contribution in [2.24, 2.45) is 5.92 Å². The number of piperidine rings is 1. The van der Waals surface area contributed by atoms with Gasteiger partial charge in [-0.15, -0.1) is 0 Å². The summed E-state index contributed by atoms with van der Waals surface area (Å²) in [6.45, 7) is 3.19. The summed E-state index contributed by atoms with van der Waals surface area (Å²) in [5.41, 5.74) is 4.42. The van der Waals surface area contributed by atoms with Crippen LogP contribution in [0.3, 0.4) is 0 Å². The molecule has 0 aromatic heterocycles. The van der Waals surface area contributed by atoms with Gasteiger partial charge in [-0.25, -0.2) is 0 Å². The first-order chi connectivity index (χ1) is 13.7. The number of nitrogens with zero attached hydrogens (tertiary/aromatic N) is 1. The van der Waals surface area contributed by atoms with Gasteiger partial charge in [0.25, 0.3) is 0 Å². The van der Waals surface area contributed by atoms with Crippen LogP contribution in [0.25, 0.3) is 0 Å². The van der Waals surface area contributed by atoms with Crippen molar-refractivity contribution in [2.45, 2.75) is 44.6 Å². The van der Waals surface area contributed by atoms with E-state index in [1.165, 1.54) is 18.4 Å². The molecule has 0 saturated carbocycles. The quantitative estimate of drug-likeness (QED) is 0.800. The molecule has 4 nitrogen and oxygen atoms in total. The molecule has 2 aromatic carbocycles. The Morgan fingerprint density at radius 2 is 2.00 bits per heavy atom. The van der Waals surface area contributed by atoms with E-state index in [2.05, 4.69) is 46.6 Å². The predicted octanol–water partition coefficient (Wildman–Crippen LogP) is 3.95. The van der Waals surface area contributed by atoms with Gasteiger partial charge in [-0.2, -0.15) is 0 Å². The molecule has 2 aromatic rings. The number of amides is 1. The van der Waals surface area contributed by atoms with E-state index in [0.29, 0.717) is 12.3 Å². The van der Waals surface area contributed by atoms with Gasteiger partial charge in [-0.3, -0.25) is 4.79 Å². The average molecular weight is 379 g/mol. The lowest BCUT2D eigenvalue weighted by atomic mass is 9.91. The summed E-state index contributed by atoms with van der Waals surface area (Å²) in [5.74, 6) is 0.789. The van der Waals surface area contributed by atoms with E-state index >= 15 is 0 Å². The van der Waals surface area contributed by atoms with Crippen LogP contribution >= 0.6 is 0 Å². The Kier molecular flexibility index (Phi) is 6.08. The molecular weight excluding hydrogens is 348 g/mol. The Labute approximate surface area is 167 Å². The van der Waals surface area contributed by atoms with E-state index in [-0.39, 0.29) is 5.91 Å². The smallest absolute Gasteiger partial charge is 0.224 e. The fourth-order valence-electron chi connectivity index (χ4n) is 4.55. The SMILES string of the molecule is O=C1CCc2cc(C(O)CCN3CCC[C@H](Cc4ccccc4)C3)ccc2N1. The number of benzene rings is 2. The maximum Gasteiger partial charge on any atom is 0.224 e. The molecule has 0 bridgehead atoms. The first-order valence-electron chi connectivity index (χ1n) is 10.5. The molecule has 2 N–H and O–H groups in total. The van der Waals surface area contributed by atoms with Gasteiger partial charge in [0.05, 0.1) is 6.10 Å². The summed E-state index contributed by atoms with van der Waals surface area (Å²) < 4.78 is 0. The first kappa shape index (κ1) is 19.2. The molecule has 1 amide bonds.